The first-order valence-electron chi connectivity index (χ1n) is 9.80. The van der Waals surface area contributed by atoms with Crippen molar-refractivity contribution in [2.45, 2.75) is 51.8 Å². The lowest BCUT2D eigenvalue weighted by molar-refractivity contribution is -0.119. The van der Waals surface area contributed by atoms with E-state index in [9.17, 15) is 9.59 Å². The predicted molar refractivity (Wildman–Crippen MR) is 115 cm³/mol. The van der Waals surface area contributed by atoms with Crippen LogP contribution in [0.2, 0.25) is 0 Å². The largest absolute Gasteiger partial charge is 0.444 e. The Morgan fingerprint density at radius 3 is 2.67 bits per heavy atom. The van der Waals surface area contributed by atoms with Crippen molar-refractivity contribution in [2.75, 3.05) is 10.2 Å². The van der Waals surface area contributed by atoms with Crippen LogP contribution in [-0.2, 0) is 22.5 Å². The number of carbonyl (C=O) groups excluding carboxylic acids is 2. The van der Waals surface area contributed by atoms with Crippen molar-refractivity contribution in [1.82, 2.24) is 0 Å². The predicted octanol–water partition coefficient (Wildman–Crippen LogP) is 5.19. The maximum Gasteiger partial charge on any atom is 0.412 e. The van der Waals surface area contributed by atoms with Gasteiger partial charge in [-0.2, -0.15) is 0 Å². The second-order valence-corrected chi connectivity index (χ2v) is 8.10. The Labute approximate surface area is 175 Å². The summed E-state index contributed by atoms with van der Waals surface area (Å²) in [6.07, 6.45) is 0.526. The first-order chi connectivity index (χ1) is 14.3. The zero-order valence-electron chi connectivity index (χ0n) is 17.3. The van der Waals surface area contributed by atoms with E-state index in [1.54, 1.807) is 37.8 Å². The average Bonchev–Trinajstić information content (AvgIpc) is 2.80. The molecule has 30 heavy (non-hydrogen) atoms. The number of azide groups is 1. The van der Waals surface area contributed by atoms with E-state index in [0.717, 1.165) is 16.8 Å². The van der Waals surface area contributed by atoms with Crippen LogP contribution in [0.25, 0.3) is 10.4 Å². The molecule has 3 rings (SSSR count). The fourth-order valence-corrected chi connectivity index (χ4v) is 3.40. The summed E-state index contributed by atoms with van der Waals surface area (Å²) >= 11 is 0. The summed E-state index contributed by atoms with van der Waals surface area (Å²) in [4.78, 5) is 29.9. The molecule has 0 saturated carbocycles. The van der Waals surface area contributed by atoms with E-state index in [1.165, 1.54) is 0 Å². The molecule has 2 aromatic rings. The molecule has 1 aliphatic rings. The van der Waals surface area contributed by atoms with Crippen LogP contribution in [0.5, 0.6) is 0 Å². The molecule has 2 amide bonds. The molecule has 1 aliphatic heterocycles. The standard InChI is InChI=1S/C22H25N5O3/c1-22(2,3)30-21(29)24-17-10-6-4-9-16(17)14-27-19-11-7-5-8-15(19)12-13-18(20(27)28)25-26-23/h4-11,18H,12-14H2,1-3H3,(H,24,29). The second-order valence-electron chi connectivity index (χ2n) is 8.10. The monoisotopic (exact) mass is 407 g/mol. The van der Waals surface area contributed by atoms with E-state index < -0.39 is 17.7 Å². The van der Waals surface area contributed by atoms with Crippen LogP contribution in [0.4, 0.5) is 16.2 Å². The van der Waals surface area contributed by atoms with Crippen molar-refractivity contribution < 1.29 is 14.3 Å². The second kappa shape index (κ2) is 8.88. The summed E-state index contributed by atoms with van der Waals surface area (Å²) in [7, 11) is 0. The molecule has 0 saturated heterocycles. The fraction of sp³-hybridized carbons (Fsp3) is 0.364. The summed E-state index contributed by atoms with van der Waals surface area (Å²) in [5, 5.41) is 6.48. The third-order valence-electron chi connectivity index (χ3n) is 4.69. The molecule has 0 spiro atoms. The number of anilines is 2. The van der Waals surface area contributed by atoms with E-state index in [1.807, 2.05) is 36.4 Å². The minimum atomic E-state index is -0.770. The molecule has 0 radical (unpaired) electrons. The highest BCUT2D eigenvalue weighted by Crippen LogP contribution is 2.31. The van der Waals surface area contributed by atoms with E-state index in [2.05, 4.69) is 15.3 Å². The van der Waals surface area contributed by atoms with E-state index in [-0.39, 0.29) is 12.5 Å². The number of para-hydroxylation sites is 2. The van der Waals surface area contributed by atoms with Gasteiger partial charge >= 0.3 is 6.09 Å². The smallest absolute Gasteiger partial charge is 0.412 e. The molecule has 8 nitrogen and oxygen atoms in total. The molecule has 2 aromatic carbocycles. The SMILES string of the molecule is CC(C)(C)OC(=O)Nc1ccccc1CN1C(=O)C(N=[N+]=[N-])CCc2ccccc21. The van der Waals surface area contributed by atoms with Gasteiger partial charge < -0.3 is 9.64 Å². The zero-order valence-corrected chi connectivity index (χ0v) is 17.3. The van der Waals surface area contributed by atoms with Crippen LogP contribution in [-0.4, -0.2) is 23.6 Å². The van der Waals surface area contributed by atoms with Crippen molar-refractivity contribution in [3.63, 3.8) is 0 Å². The van der Waals surface area contributed by atoms with Gasteiger partial charge in [0.05, 0.1) is 6.54 Å². The lowest BCUT2D eigenvalue weighted by atomic mass is 10.1. The highest BCUT2D eigenvalue weighted by molar-refractivity contribution is 5.99. The van der Waals surface area contributed by atoms with Crippen LogP contribution in [0, 0.1) is 0 Å². The summed E-state index contributed by atoms with van der Waals surface area (Å²) in [5.41, 5.74) is 11.4. The Kier molecular flexibility index (Phi) is 6.28. The van der Waals surface area contributed by atoms with Gasteiger partial charge in [-0.3, -0.25) is 10.1 Å². The van der Waals surface area contributed by atoms with Gasteiger partial charge in [0, 0.05) is 16.3 Å². The summed E-state index contributed by atoms with van der Waals surface area (Å²) in [5.74, 6) is -0.259. The number of carbonyl (C=O) groups is 2. The number of rotatable bonds is 4. The topological polar surface area (TPSA) is 107 Å². The Bertz CT molecular complexity index is 992. The summed E-state index contributed by atoms with van der Waals surface area (Å²) in [6.45, 7) is 5.60. The lowest BCUT2D eigenvalue weighted by Gasteiger charge is -2.26. The van der Waals surface area contributed by atoms with Gasteiger partial charge in [0.2, 0.25) is 5.91 Å². The number of benzene rings is 2. The van der Waals surface area contributed by atoms with Crippen molar-refractivity contribution in [3.8, 4) is 0 Å². The number of amides is 2. The number of nitrogens with one attached hydrogen (secondary N) is 1. The van der Waals surface area contributed by atoms with E-state index >= 15 is 0 Å². The quantitative estimate of drug-likeness (QED) is 0.428. The average molecular weight is 407 g/mol. The highest BCUT2D eigenvalue weighted by atomic mass is 16.6. The van der Waals surface area contributed by atoms with Crippen LogP contribution in [0.3, 0.4) is 0 Å². The fourth-order valence-electron chi connectivity index (χ4n) is 3.40. The molecular weight excluding hydrogens is 382 g/mol. The molecule has 0 bridgehead atoms. The number of hydrogen-bond donors (Lipinski definition) is 1. The molecule has 1 heterocycles. The van der Waals surface area contributed by atoms with Gasteiger partial charge in [0.25, 0.3) is 0 Å². The minimum Gasteiger partial charge on any atom is -0.444 e. The number of nitrogens with zero attached hydrogens (tertiary/aromatic N) is 4. The normalized spacial score (nSPS) is 16.2. The first kappa shape index (κ1) is 21.2. The Balaban J connectivity index is 1.93. The third-order valence-corrected chi connectivity index (χ3v) is 4.69. The van der Waals surface area contributed by atoms with Crippen LogP contribution in [0.1, 0.15) is 38.3 Å². The maximum absolute atomic E-state index is 13.2. The van der Waals surface area contributed by atoms with Crippen molar-refractivity contribution in [3.05, 3.63) is 70.1 Å². The van der Waals surface area contributed by atoms with Crippen LogP contribution in [0.15, 0.2) is 53.6 Å². The maximum atomic E-state index is 13.2. The molecule has 156 valence electrons. The van der Waals surface area contributed by atoms with Crippen LogP contribution >= 0.6 is 0 Å². The van der Waals surface area contributed by atoms with Gasteiger partial charge in [0.15, 0.2) is 0 Å². The molecule has 1 unspecified atom stereocenters. The summed E-state index contributed by atoms with van der Waals surface area (Å²) < 4.78 is 5.35. The first-order valence-corrected chi connectivity index (χ1v) is 9.80. The zero-order chi connectivity index (χ0) is 21.7. The van der Waals surface area contributed by atoms with Crippen molar-refractivity contribution in [2.24, 2.45) is 5.11 Å². The molecule has 0 fully saturated rings. The van der Waals surface area contributed by atoms with Gasteiger partial charge in [-0.05, 0) is 62.4 Å². The Hall–Kier alpha value is -3.51. The third kappa shape index (κ3) is 5.10. The Morgan fingerprint density at radius 1 is 1.23 bits per heavy atom. The van der Waals surface area contributed by atoms with Gasteiger partial charge in [0.1, 0.15) is 11.6 Å². The molecule has 0 aliphatic carbocycles. The van der Waals surface area contributed by atoms with Gasteiger partial charge in [-0.25, -0.2) is 4.79 Å². The van der Waals surface area contributed by atoms with Crippen molar-refractivity contribution >= 4 is 23.4 Å². The highest BCUT2D eigenvalue weighted by Gasteiger charge is 2.30. The Morgan fingerprint density at radius 2 is 1.93 bits per heavy atom. The van der Waals surface area contributed by atoms with E-state index in [4.69, 9.17) is 10.3 Å². The lowest BCUT2D eigenvalue weighted by Crippen LogP contribution is -2.37. The van der Waals surface area contributed by atoms with Crippen LogP contribution < -0.4 is 10.2 Å². The molecule has 8 heteroatoms. The molecule has 1 atom stereocenters. The number of fused-ring (bicyclic) bond motifs is 1. The van der Waals surface area contributed by atoms with Gasteiger partial charge in [-0.1, -0.05) is 41.5 Å². The minimum absolute atomic E-state index is 0.221. The molecular formula is C22H25N5O3. The molecule has 0 aromatic heterocycles. The number of ether oxygens (including phenoxy) is 1. The molecule has 1 N–H and O–H groups in total. The summed E-state index contributed by atoms with van der Waals surface area (Å²) in [6, 6.07) is 14.1. The number of hydrogen-bond acceptors (Lipinski definition) is 4. The van der Waals surface area contributed by atoms with Gasteiger partial charge in [-0.15, -0.1) is 0 Å². The number of aryl methyl sites for hydroxylation is 1. The van der Waals surface area contributed by atoms with Crippen molar-refractivity contribution in [1.29, 1.82) is 0 Å². The van der Waals surface area contributed by atoms with E-state index in [0.29, 0.717) is 18.5 Å².